The molecule has 0 atom stereocenters. The number of hydrogen-bond acceptors (Lipinski definition) is 8. The number of nitrogens with zero attached hydrogens (tertiary/aromatic N) is 5. The molecule has 8 aromatic rings. The first-order chi connectivity index (χ1) is 24.0. The van der Waals surface area contributed by atoms with Gasteiger partial charge in [-0.15, -0.1) is 0 Å². The normalized spacial score (nSPS) is 11.1. The SMILES string of the molecule is Cc1cccc(Oc2cccc(Oc3ccc4c5ccc(Oc6cccc(Oc7cccc(C)n7)c6)cc5n(-c5ncccn5)c4c3)c2)n1. The first kappa shape index (κ1) is 29.6. The summed E-state index contributed by atoms with van der Waals surface area (Å²) >= 11 is 0. The van der Waals surface area contributed by atoms with E-state index in [0.29, 0.717) is 52.2 Å². The molecule has 4 aromatic carbocycles. The molecule has 9 nitrogen and oxygen atoms in total. The summed E-state index contributed by atoms with van der Waals surface area (Å²) in [7, 11) is 0. The van der Waals surface area contributed by atoms with Gasteiger partial charge >= 0.3 is 0 Å². The molecule has 0 aliphatic rings. The number of benzene rings is 4. The minimum Gasteiger partial charge on any atom is -0.457 e. The molecule has 0 aliphatic carbocycles. The third-order valence-corrected chi connectivity index (χ3v) is 7.72. The fourth-order valence-electron chi connectivity index (χ4n) is 5.59. The Bertz CT molecular complexity index is 2290. The predicted octanol–water partition coefficient (Wildman–Crippen LogP) is 10.1. The average Bonchev–Trinajstić information content (AvgIpc) is 3.42. The molecular formula is C40H29N5O4. The zero-order valence-electron chi connectivity index (χ0n) is 26.6. The van der Waals surface area contributed by atoms with Gasteiger partial charge in [-0.3, -0.25) is 4.57 Å². The lowest BCUT2D eigenvalue weighted by Gasteiger charge is -2.10. The second-order valence-electron chi connectivity index (χ2n) is 11.3. The quantitative estimate of drug-likeness (QED) is 0.153. The summed E-state index contributed by atoms with van der Waals surface area (Å²) < 4.78 is 26.7. The maximum atomic E-state index is 6.34. The fraction of sp³-hybridized carbons (Fsp3) is 0.0500. The highest BCUT2D eigenvalue weighted by Gasteiger charge is 2.17. The summed E-state index contributed by atoms with van der Waals surface area (Å²) in [4.78, 5) is 18.0. The summed E-state index contributed by atoms with van der Waals surface area (Å²) in [5.74, 6) is 5.37. The van der Waals surface area contributed by atoms with Crippen LogP contribution in [0.5, 0.6) is 46.3 Å². The van der Waals surface area contributed by atoms with Gasteiger partial charge in [0.05, 0.1) is 11.0 Å². The molecule has 8 rings (SSSR count). The predicted molar refractivity (Wildman–Crippen MR) is 187 cm³/mol. The highest BCUT2D eigenvalue weighted by atomic mass is 16.5. The number of fused-ring (bicyclic) bond motifs is 3. The molecule has 0 N–H and O–H groups in total. The van der Waals surface area contributed by atoms with Crippen LogP contribution in [-0.2, 0) is 0 Å². The number of ether oxygens (including phenoxy) is 4. The number of aryl methyl sites for hydroxylation is 2. The second kappa shape index (κ2) is 12.8. The largest absolute Gasteiger partial charge is 0.457 e. The van der Waals surface area contributed by atoms with Crippen molar-refractivity contribution >= 4 is 21.8 Å². The average molecular weight is 644 g/mol. The zero-order chi connectivity index (χ0) is 33.2. The van der Waals surface area contributed by atoms with E-state index in [9.17, 15) is 0 Å². The molecule has 0 aliphatic heterocycles. The molecule has 0 radical (unpaired) electrons. The van der Waals surface area contributed by atoms with Crippen LogP contribution in [0.2, 0.25) is 0 Å². The van der Waals surface area contributed by atoms with Crippen LogP contribution in [0.3, 0.4) is 0 Å². The van der Waals surface area contributed by atoms with Crippen molar-refractivity contribution in [1.29, 1.82) is 0 Å². The molecule has 0 saturated heterocycles. The minimum atomic E-state index is 0.523. The van der Waals surface area contributed by atoms with E-state index in [0.717, 1.165) is 33.2 Å². The Balaban J connectivity index is 1.12. The zero-order valence-corrected chi connectivity index (χ0v) is 26.6. The molecule has 49 heavy (non-hydrogen) atoms. The van der Waals surface area contributed by atoms with Crippen molar-refractivity contribution in [2.75, 3.05) is 0 Å². The van der Waals surface area contributed by atoms with Crippen molar-refractivity contribution in [2.45, 2.75) is 13.8 Å². The number of aromatic nitrogens is 5. The number of rotatable bonds is 9. The lowest BCUT2D eigenvalue weighted by molar-refractivity contribution is 0.448. The van der Waals surface area contributed by atoms with Crippen LogP contribution in [-0.4, -0.2) is 24.5 Å². The van der Waals surface area contributed by atoms with Gasteiger partial charge in [0, 0.05) is 71.0 Å². The molecular weight excluding hydrogens is 614 g/mol. The Kier molecular flexibility index (Phi) is 7.75. The van der Waals surface area contributed by atoms with Gasteiger partial charge < -0.3 is 18.9 Å². The van der Waals surface area contributed by atoms with Crippen LogP contribution in [0.15, 0.2) is 140 Å². The van der Waals surface area contributed by atoms with Crippen LogP contribution in [0.1, 0.15) is 11.4 Å². The summed E-state index contributed by atoms with van der Waals surface area (Å²) in [6.07, 6.45) is 3.45. The minimum absolute atomic E-state index is 0.523. The molecule has 0 amide bonds. The summed E-state index contributed by atoms with van der Waals surface area (Å²) in [5, 5.41) is 2.04. The Morgan fingerprint density at radius 3 is 1.33 bits per heavy atom. The first-order valence-corrected chi connectivity index (χ1v) is 15.7. The van der Waals surface area contributed by atoms with E-state index in [-0.39, 0.29) is 0 Å². The van der Waals surface area contributed by atoms with Crippen molar-refractivity contribution in [2.24, 2.45) is 0 Å². The van der Waals surface area contributed by atoms with Crippen molar-refractivity contribution in [3.63, 3.8) is 0 Å². The number of pyridine rings is 2. The van der Waals surface area contributed by atoms with Crippen molar-refractivity contribution in [3.05, 3.63) is 151 Å². The number of hydrogen-bond donors (Lipinski definition) is 0. The highest BCUT2D eigenvalue weighted by Crippen LogP contribution is 2.38. The smallest absolute Gasteiger partial charge is 0.234 e. The second-order valence-corrected chi connectivity index (χ2v) is 11.3. The maximum Gasteiger partial charge on any atom is 0.234 e. The van der Waals surface area contributed by atoms with Crippen LogP contribution < -0.4 is 18.9 Å². The van der Waals surface area contributed by atoms with E-state index < -0.39 is 0 Å². The van der Waals surface area contributed by atoms with Gasteiger partial charge in [0.1, 0.15) is 34.5 Å². The monoisotopic (exact) mass is 643 g/mol. The molecule has 4 heterocycles. The Hall–Kier alpha value is -6.74. The first-order valence-electron chi connectivity index (χ1n) is 15.7. The molecule has 0 fully saturated rings. The van der Waals surface area contributed by atoms with Gasteiger partial charge in [0.15, 0.2) is 0 Å². The van der Waals surface area contributed by atoms with E-state index in [1.165, 1.54) is 0 Å². The third-order valence-electron chi connectivity index (χ3n) is 7.72. The van der Waals surface area contributed by atoms with Crippen LogP contribution in [0.4, 0.5) is 0 Å². The van der Waals surface area contributed by atoms with Gasteiger partial charge in [-0.05, 0) is 80.6 Å². The van der Waals surface area contributed by atoms with Gasteiger partial charge in [-0.1, -0.05) is 24.3 Å². The van der Waals surface area contributed by atoms with Crippen LogP contribution >= 0.6 is 0 Å². The molecule has 0 spiro atoms. The highest BCUT2D eigenvalue weighted by molar-refractivity contribution is 6.09. The molecule has 0 saturated carbocycles. The van der Waals surface area contributed by atoms with E-state index in [1.807, 2.05) is 140 Å². The van der Waals surface area contributed by atoms with Crippen LogP contribution in [0, 0.1) is 13.8 Å². The maximum absolute atomic E-state index is 6.34. The van der Waals surface area contributed by atoms with Gasteiger partial charge in [0.25, 0.3) is 0 Å². The van der Waals surface area contributed by atoms with Crippen molar-refractivity contribution in [3.8, 4) is 52.2 Å². The standard InChI is InChI=1S/C40H29N5O4/c1-26-8-3-14-38(43-26)48-30-12-5-10-28(22-30)46-32-16-18-34-35-19-17-33(25-37(35)45(36(34)24-32)40-41-20-7-21-42-40)47-29-11-6-13-31(23-29)49-39-15-4-9-27(2)44-39/h3-25H,1-2H3. The van der Waals surface area contributed by atoms with E-state index in [4.69, 9.17) is 18.9 Å². The molecule has 0 unspecified atom stereocenters. The van der Waals surface area contributed by atoms with Crippen molar-refractivity contribution in [1.82, 2.24) is 24.5 Å². The Morgan fingerprint density at radius 1 is 0.429 bits per heavy atom. The lowest BCUT2D eigenvalue weighted by Crippen LogP contribution is -2.00. The van der Waals surface area contributed by atoms with Gasteiger partial charge in [-0.2, -0.15) is 0 Å². The van der Waals surface area contributed by atoms with Gasteiger partial charge in [-0.25, -0.2) is 19.9 Å². The fourth-order valence-corrected chi connectivity index (χ4v) is 5.59. The lowest BCUT2D eigenvalue weighted by atomic mass is 10.1. The third kappa shape index (κ3) is 6.45. The molecule has 9 heteroatoms. The van der Waals surface area contributed by atoms with Crippen molar-refractivity contribution < 1.29 is 18.9 Å². The van der Waals surface area contributed by atoms with Crippen LogP contribution in [0.25, 0.3) is 27.8 Å². The molecule has 0 bridgehead atoms. The van der Waals surface area contributed by atoms with Gasteiger partial charge in [0.2, 0.25) is 17.7 Å². The van der Waals surface area contributed by atoms with E-state index in [2.05, 4.69) is 19.9 Å². The molecule has 238 valence electrons. The van der Waals surface area contributed by atoms with E-state index in [1.54, 1.807) is 18.5 Å². The summed E-state index contributed by atoms with van der Waals surface area (Å²) in [6.45, 7) is 3.85. The topological polar surface area (TPSA) is 93.4 Å². The summed E-state index contributed by atoms with van der Waals surface area (Å²) in [5.41, 5.74) is 3.52. The Labute approximate surface area is 282 Å². The Morgan fingerprint density at radius 2 is 0.857 bits per heavy atom. The summed E-state index contributed by atoms with van der Waals surface area (Å²) in [6, 6.07) is 40.1. The molecule has 4 aromatic heterocycles. The van der Waals surface area contributed by atoms with E-state index >= 15 is 0 Å².